The predicted octanol–water partition coefficient (Wildman–Crippen LogP) is 3.08. The largest absolute Gasteiger partial charge is 0.455 e. The number of aliphatic hydroxyl groups is 2. The highest BCUT2D eigenvalue weighted by Crippen LogP contribution is 2.18. The molecule has 0 fully saturated rings. The number of carbonyl (C=O) groups excluding carboxylic acids is 3. The summed E-state index contributed by atoms with van der Waals surface area (Å²) in [5.74, 6) is 7.05. The molecule has 0 aromatic rings. The van der Waals surface area contributed by atoms with Crippen LogP contribution in [0.1, 0.15) is 12.8 Å². The Labute approximate surface area is 246 Å². The molecule has 0 amide bonds. The van der Waals surface area contributed by atoms with Crippen molar-refractivity contribution in [2.45, 2.75) is 12.8 Å². The zero-order valence-corrected chi connectivity index (χ0v) is 26.7. The van der Waals surface area contributed by atoms with Crippen molar-refractivity contribution in [3.63, 3.8) is 0 Å². The van der Waals surface area contributed by atoms with Crippen LogP contribution in [-0.2, 0) is 34.7 Å². The van der Waals surface area contributed by atoms with Gasteiger partial charge in [-0.05, 0) is 0 Å². The monoisotopic (exact) mass is 660 g/mol. The molecule has 0 saturated heterocycles. The molecule has 8 nitrogen and oxygen atoms in total. The summed E-state index contributed by atoms with van der Waals surface area (Å²) >= 11 is 11.1. The van der Waals surface area contributed by atoms with Crippen molar-refractivity contribution in [1.29, 1.82) is 0 Å². The summed E-state index contributed by atoms with van der Waals surface area (Å²) in [6.45, 7) is -0.387. The number of ether oxygens (including phenoxy) is 2. The van der Waals surface area contributed by atoms with E-state index in [9.17, 15) is 18.6 Å². The summed E-state index contributed by atoms with van der Waals surface area (Å²) in [6.07, 6.45) is 0.0581. The lowest BCUT2D eigenvalue weighted by Crippen LogP contribution is -2.07. The van der Waals surface area contributed by atoms with Gasteiger partial charge in [-0.3, -0.25) is 18.6 Å². The molecule has 0 aromatic carbocycles. The van der Waals surface area contributed by atoms with Gasteiger partial charge in [0.1, 0.15) is 11.9 Å². The van der Waals surface area contributed by atoms with Crippen LogP contribution in [0.25, 0.3) is 0 Å². The van der Waals surface area contributed by atoms with Crippen molar-refractivity contribution in [3.05, 3.63) is 0 Å². The standard InChI is InChI=1S/C20H36O8S8/c21-3-1-18(23)27-14-31-7-9-33-16-35-20(25)13-30-6-5-29-11-12-36(26)17-34-10-8-32-15-28-19(24)2-4-22/h21-22H,1-17H2. The van der Waals surface area contributed by atoms with E-state index in [1.165, 1.54) is 35.3 Å². The molecule has 0 aromatic heterocycles. The minimum absolute atomic E-state index is 0.0273. The van der Waals surface area contributed by atoms with E-state index in [4.69, 9.17) is 19.7 Å². The lowest BCUT2D eigenvalue weighted by Gasteiger charge is -2.05. The molecule has 0 aliphatic heterocycles. The second-order valence-corrected chi connectivity index (χ2v) is 16.4. The summed E-state index contributed by atoms with van der Waals surface area (Å²) < 4.78 is 21.8. The van der Waals surface area contributed by atoms with Crippen molar-refractivity contribution >= 4 is 110 Å². The molecule has 212 valence electrons. The van der Waals surface area contributed by atoms with Crippen LogP contribution in [0.2, 0.25) is 0 Å². The Morgan fingerprint density at radius 3 is 1.81 bits per heavy atom. The molecule has 0 aliphatic rings. The predicted molar refractivity (Wildman–Crippen MR) is 165 cm³/mol. The highest BCUT2D eigenvalue weighted by Gasteiger charge is 2.05. The molecule has 16 heteroatoms. The number of rotatable bonds is 26. The summed E-state index contributed by atoms with van der Waals surface area (Å²) in [5, 5.41) is 18.7. The zero-order chi connectivity index (χ0) is 26.7. The number of aliphatic hydroxyl groups excluding tert-OH is 2. The van der Waals surface area contributed by atoms with Crippen LogP contribution in [0.4, 0.5) is 0 Å². The quantitative estimate of drug-likeness (QED) is 0.0801. The fourth-order valence-corrected chi connectivity index (χ4v) is 10.7. The highest BCUT2D eigenvalue weighted by atomic mass is 32.2. The molecule has 0 heterocycles. The third-order valence-corrected chi connectivity index (χ3v) is 13.2. The molecule has 0 bridgehead atoms. The fraction of sp³-hybridized carbons (Fsp3) is 0.850. The summed E-state index contributed by atoms with van der Waals surface area (Å²) in [6, 6.07) is 0. The van der Waals surface area contributed by atoms with Crippen LogP contribution in [0.5, 0.6) is 0 Å². The molecule has 36 heavy (non-hydrogen) atoms. The number of thioether (sulfide) groups is 7. The van der Waals surface area contributed by atoms with Crippen LogP contribution in [0, 0.1) is 0 Å². The van der Waals surface area contributed by atoms with Gasteiger partial charge in [-0.2, -0.15) is 23.5 Å². The first-order valence-corrected chi connectivity index (χ1v) is 20.4. The van der Waals surface area contributed by atoms with Crippen molar-refractivity contribution in [2.24, 2.45) is 0 Å². The SMILES string of the molecule is O=C(CCO)OCSCCSCSC(=O)CSCCSCCS(=O)CSCCSCOC(=O)CCO. The van der Waals surface area contributed by atoms with Crippen LogP contribution in [-0.4, -0.2) is 119 Å². The maximum absolute atomic E-state index is 12.0. The summed E-state index contributed by atoms with van der Waals surface area (Å²) in [7, 11) is -0.842. The van der Waals surface area contributed by atoms with E-state index in [1.807, 2.05) is 0 Å². The Kier molecular flexibility index (Phi) is 30.0. The normalized spacial score (nSPS) is 11.8. The maximum atomic E-state index is 12.0. The smallest absolute Gasteiger partial charge is 0.308 e. The summed E-state index contributed by atoms with van der Waals surface area (Å²) in [4.78, 5) is 34.0. The second kappa shape index (κ2) is 29.1. The van der Waals surface area contributed by atoms with Crippen molar-refractivity contribution in [2.75, 3.05) is 87.0 Å². The minimum atomic E-state index is -0.842. The van der Waals surface area contributed by atoms with E-state index in [2.05, 4.69) is 0 Å². The summed E-state index contributed by atoms with van der Waals surface area (Å²) in [5.41, 5.74) is 0. The van der Waals surface area contributed by atoms with Gasteiger partial charge in [0.15, 0.2) is 5.12 Å². The number of esters is 2. The van der Waals surface area contributed by atoms with Gasteiger partial charge in [0, 0.05) is 61.9 Å². The molecular formula is C20H36O8S8. The number of carbonyl (C=O) groups is 3. The molecule has 0 rings (SSSR count). The van der Waals surface area contributed by atoms with Gasteiger partial charge in [-0.25, -0.2) is 0 Å². The van der Waals surface area contributed by atoms with E-state index >= 15 is 0 Å². The molecule has 0 radical (unpaired) electrons. The maximum Gasteiger partial charge on any atom is 0.308 e. The van der Waals surface area contributed by atoms with E-state index in [0.717, 1.165) is 45.4 Å². The molecule has 1 unspecified atom stereocenters. The first-order valence-electron chi connectivity index (χ1n) is 11.0. The number of hydrogen-bond donors (Lipinski definition) is 2. The second-order valence-electron chi connectivity index (χ2n) is 6.41. The van der Waals surface area contributed by atoms with Gasteiger partial charge < -0.3 is 19.7 Å². The van der Waals surface area contributed by atoms with Crippen molar-refractivity contribution in [3.8, 4) is 0 Å². The van der Waals surface area contributed by atoms with E-state index < -0.39 is 16.8 Å². The third-order valence-electron chi connectivity index (χ3n) is 3.55. The van der Waals surface area contributed by atoms with Crippen LogP contribution in [0.15, 0.2) is 0 Å². The third kappa shape index (κ3) is 28.1. The number of hydrogen-bond acceptors (Lipinski definition) is 15. The molecule has 1 atom stereocenters. The highest BCUT2D eigenvalue weighted by molar-refractivity contribution is 8.25. The minimum Gasteiger partial charge on any atom is -0.455 e. The molecule has 2 N–H and O–H groups in total. The van der Waals surface area contributed by atoms with Gasteiger partial charge in [0.05, 0.1) is 36.9 Å². The Bertz CT molecular complexity index is 600. The van der Waals surface area contributed by atoms with Crippen LogP contribution in [0.3, 0.4) is 0 Å². The first-order chi connectivity index (χ1) is 17.5. The Morgan fingerprint density at radius 2 is 1.19 bits per heavy atom. The lowest BCUT2D eigenvalue weighted by atomic mass is 10.5. The average molecular weight is 661 g/mol. The average Bonchev–Trinajstić information content (AvgIpc) is 2.84. The van der Waals surface area contributed by atoms with Crippen molar-refractivity contribution < 1.29 is 38.3 Å². The van der Waals surface area contributed by atoms with Crippen LogP contribution < -0.4 is 0 Å². The Hall–Kier alpha value is 1.13. The molecular weight excluding hydrogens is 625 g/mol. The topological polar surface area (TPSA) is 127 Å². The first kappa shape index (κ1) is 37.1. The van der Waals surface area contributed by atoms with Gasteiger partial charge in [-0.1, -0.05) is 11.8 Å². The Morgan fingerprint density at radius 1 is 0.667 bits per heavy atom. The Balaban J connectivity index is 3.34. The zero-order valence-electron chi connectivity index (χ0n) is 20.1. The molecule has 0 spiro atoms. The molecule has 0 saturated carbocycles. The van der Waals surface area contributed by atoms with E-state index in [0.29, 0.717) is 22.5 Å². The van der Waals surface area contributed by atoms with E-state index in [1.54, 1.807) is 47.0 Å². The van der Waals surface area contributed by atoms with Crippen LogP contribution >= 0.6 is 82.3 Å². The van der Waals surface area contributed by atoms with Gasteiger partial charge >= 0.3 is 11.9 Å². The van der Waals surface area contributed by atoms with Gasteiger partial charge in [0.2, 0.25) is 0 Å². The van der Waals surface area contributed by atoms with E-state index in [-0.39, 0.29) is 43.1 Å². The van der Waals surface area contributed by atoms with Crippen molar-refractivity contribution in [1.82, 2.24) is 0 Å². The van der Waals surface area contributed by atoms with Gasteiger partial charge in [0.25, 0.3) is 0 Å². The van der Waals surface area contributed by atoms with Gasteiger partial charge in [-0.15, -0.1) is 47.0 Å². The lowest BCUT2D eigenvalue weighted by molar-refractivity contribution is -0.143. The fourth-order valence-electron chi connectivity index (χ4n) is 1.84. The molecule has 0 aliphatic carbocycles.